The van der Waals surface area contributed by atoms with E-state index in [9.17, 15) is 14.4 Å². The van der Waals surface area contributed by atoms with Crippen LogP contribution in [0.25, 0.3) is 10.2 Å². The first-order chi connectivity index (χ1) is 8.88. The van der Waals surface area contributed by atoms with Gasteiger partial charge in [0.2, 0.25) is 0 Å². The Balaban J connectivity index is 2.92. The van der Waals surface area contributed by atoms with Gasteiger partial charge in [-0.3, -0.25) is 19.1 Å². The van der Waals surface area contributed by atoms with Crippen LogP contribution in [0.5, 0.6) is 0 Å². The number of nitrogens with zero attached hydrogens (tertiary/aromatic N) is 1. The summed E-state index contributed by atoms with van der Waals surface area (Å²) in [5, 5.41) is 0.318. The minimum absolute atomic E-state index is 0.167. The molecular weight excluding hydrogens is 268 g/mol. The number of hydrogen-bond acceptors (Lipinski definition) is 5. The molecule has 0 radical (unpaired) electrons. The normalized spacial score (nSPS) is 12.8. The summed E-state index contributed by atoms with van der Waals surface area (Å²) < 4.78 is 1.06. The standard InChI is InChI=1S/C11H14N4O3S/c1-4(3-12)15-10(17)6-5(2)7(8(13)16)19-9(6)14-11(15)18/h4H,3,12H2,1-2H3,(H2,13,16)(H,14,18). The lowest BCUT2D eigenvalue weighted by molar-refractivity contribution is 0.100. The SMILES string of the molecule is Cc1c(C(N)=O)sc2[nH]c(=O)n(C(C)CN)c(=O)c12. The van der Waals surface area contributed by atoms with Gasteiger partial charge in [0.25, 0.3) is 11.5 Å². The van der Waals surface area contributed by atoms with E-state index in [0.29, 0.717) is 15.8 Å². The van der Waals surface area contributed by atoms with Crippen molar-refractivity contribution >= 4 is 27.5 Å². The number of fused-ring (bicyclic) bond motifs is 1. The average molecular weight is 282 g/mol. The molecule has 0 aliphatic carbocycles. The highest BCUT2D eigenvalue weighted by Gasteiger charge is 2.20. The van der Waals surface area contributed by atoms with Crippen LogP contribution >= 0.6 is 11.3 Å². The molecule has 2 heterocycles. The van der Waals surface area contributed by atoms with E-state index in [-0.39, 0.29) is 11.4 Å². The van der Waals surface area contributed by atoms with Crippen molar-refractivity contribution in [3.8, 4) is 0 Å². The van der Waals surface area contributed by atoms with Gasteiger partial charge in [0.1, 0.15) is 4.83 Å². The van der Waals surface area contributed by atoms with Crippen molar-refractivity contribution in [3.05, 3.63) is 31.3 Å². The number of carbonyl (C=O) groups excluding carboxylic acids is 1. The summed E-state index contributed by atoms with van der Waals surface area (Å²) in [5.74, 6) is -0.614. The molecule has 0 aliphatic rings. The maximum atomic E-state index is 12.3. The largest absolute Gasteiger partial charge is 0.365 e. The number of primary amides is 1. The fraction of sp³-hybridized carbons (Fsp3) is 0.364. The number of carbonyl (C=O) groups is 1. The molecule has 0 bridgehead atoms. The maximum Gasteiger partial charge on any atom is 0.329 e. The molecule has 0 saturated heterocycles. The number of thiophene rings is 1. The van der Waals surface area contributed by atoms with E-state index in [1.165, 1.54) is 0 Å². The summed E-state index contributed by atoms with van der Waals surface area (Å²) >= 11 is 1.01. The minimum atomic E-state index is -0.614. The van der Waals surface area contributed by atoms with Crippen LogP contribution in [0.1, 0.15) is 28.2 Å². The van der Waals surface area contributed by atoms with Crippen molar-refractivity contribution in [1.82, 2.24) is 9.55 Å². The fourth-order valence-electron chi connectivity index (χ4n) is 1.97. The number of amides is 1. The lowest BCUT2D eigenvalue weighted by Crippen LogP contribution is -2.39. The summed E-state index contributed by atoms with van der Waals surface area (Å²) in [6.45, 7) is 3.48. The third-order valence-corrected chi connectivity index (χ3v) is 4.25. The molecule has 19 heavy (non-hydrogen) atoms. The van der Waals surface area contributed by atoms with E-state index in [0.717, 1.165) is 15.9 Å². The first-order valence-electron chi connectivity index (χ1n) is 5.66. The highest BCUT2D eigenvalue weighted by Crippen LogP contribution is 2.25. The lowest BCUT2D eigenvalue weighted by atomic mass is 10.2. The molecule has 2 aromatic rings. The van der Waals surface area contributed by atoms with Gasteiger partial charge in [0.05, 0.1) is 16.3 Å². The molecule has 5 N–H and O–H groups in total. The second-order valence-corrected chi connectivity index (χ2v) is 5.34. The van der Waals surface area contributed by atoms with E-state index in [4.69, 9.17) is 11.5 Å². The number of H-pyrrole nitrogens is 1. The summed E-state index contributed by atoms with van der Waals surface area (Å²) in [6.07, 6.45) is 0. The van der Waals surface area contributed by atoms with E-state index >= 15 is 0 Å². The van der Waals surface area contributed by atoms with E-state index in [2.05, 4.69) is 4.98 Å². The third-order valence-electron chi connectivity index (χ3n) is 3.02. The van der Waals surface area contributed by atoms with Gasteiger partial charge in [0.15, 0.2) is 0 Å². The van der Waals surface area contributed by atoms with Gasteiger partial charge in [-0.15, -0.1) is 11.3 Å². The monoisotopic (exact) mass is 282 g/mol. The lowest BCUT2D eigenvalue weighted by Gasteiger charge is -2.11. The van der Waals surface area contributed by atoms with Gasteiger partial charge in [-0.1, -0.05) is 0 Å². The van der Waals surface area contributed by atoms with Crippen molar-refractivity contribution in [3.63, 3.8) is 0 Å². The van der Waals surface area contributed by atoms with Crippen LogP contribution in [0, 0.1) is 6.92 Å². The molecule has 0 aromatic carbocycles. The molecule has 8 heteroatoms. The van der Waals surface area contributed by atoms with Gasteiger partial charge in [-0.25, -0.2) is 4.79 Å². The number of aromatic nitrogens is 2. The molecular formula is C11H14N4O3S. The maximum absolute atomic E-state index is 12.3. The molecule has 2 rings (SSSR count). The van der Waals surface area contributed by atoms with Gasteiger partial charge < -0.3 is 11.5 Å². The highest BCUT2D eigenvalue weighted by molar-refractivity contribution is 7.20. The topological polar surface area (TPSA) is 124 Å². The number of rotatable bonds is 3. The predicted octanol–water partition coefficient (Wildman–Crippen LogP) is -0.322. The van der Waals surface area contributed by atoms with Gasteiger partial charge in [-0.2, -0.15) is 0 Å². The third kappa shape index (κ3) is 1.98. The number of aryl methyl sites for hydroxylation is 1. The zero-order valence-electron chi connectivity index (χ0n) is 10.5. The summed E-state index contributed by atoms with van der Waals surface area (Å²) in [7, 11) is 0. The van der Waals surface area contributed by atoms with Crippen molar-refractivity contribution < 1.29 is 4.79 Å². The van der Waals surface area contributed by atoms with E-state index in [1.54, 1.807) is 13.8 Å². The molecule has 0 saturated carbocycles. The predicted molar refractivity (Wildman–Crippen MR) is 73.7 cm³/mol. The summed E-state index contributed by atoms with van der Waals surface area (Å²) in [4.78, 5) is 38.7. The Kier molecular flexibility index (Phi) is 3.29. The van der Waals surface area contributed by atoms with Crippen molar-refractivity contribution in [2.24, 2.45) is 11.5 Å². The quantitative estimate of drug-likeness (QED) is 0.713. The molecule has 7 nitrogen and oxygen atoms in total. The minimum Gasteiger partial charge on any atom is -0.365 e. The van der Waals surface area contributed by atoms with Crippen LogP contribution in [0.2, 0.25) is 0 Å². The van der Waals surface area contributed by atoms with Gasteiger partial charge in [-0.05, 0) is 19.4 Å². The second kappa shape index (κ2) is 4.63. The molecule has 1 atom stereocenters. The van der Waals surface area contributed by atoms with Gasteiger partial charge in [0, 0.05) is 6.54 Å². The summed E-state index contributed by atoms with van der Waals surface area (Å²) in [6, 6.07) is -0.419. The Bertz CT molecular complexity index is 771. The van der Waals surface area contributed by atoms with Crippen LogP contribution in [0.15, 0.2) is 9.59 Å². The van der Waals surface area contributed by atoms with E-state index in [1.807, 2.05) is 0 Å². The van der Waals surface area contributed by atoms with Crippen LogP contribution in [-0.4, -0.2) is 22.0 Å². The number of hydrogen-bond donors (Lipinski definition) is 3. The van der Waals surface area contributed by atoms with Crippen LogP contribution < -0.4 is 22.7 Å². The molecule has 2 aromatic heterocycles. The van der Waals surface area contributed by atoms with E-state index < -0.39 is 23.2 Å². The fourth-order valence-corrected chi connectivity index (χ4v) is 3.01. The summed E-state index contributed by atoms with van der Waals surface area (Å²) in [5.41, 5.74) is 10.2. The Morgan fingerprint density at radius 2 is 2.11 bits per heavy atom. The van der Waals surface area contributed by atoms with Crippen molar-refractivity contribution in [2.45, 2.75) is 19.9 Å². The van der Waals surface area contributed by atoms with Crippen LogP contribution in [0.3, 0.4) is 0 Å². The first-order valence-corrected chi connectivity index (χ1v) is 6.48. The smallest absolute Gasteiger partial charge is 0.329 e. The number of nitrogens with one attached hydrogen (secondary N) is 1. The Labute approximate surface area is 111 Å². The Hall–Kier alpha value is -1.93. The van der Waals surface area contributed by atoms with Crippen LogP contribution in [0.4, 0.5) is 0 Å². The number of aromatic amines is 1. The second-order valence-electron chi connectivity index (χ2n) is 4.31. The molecule has 102 valence electrons. The Morgan fingerprint density at radius 3 is 2.63 bits per heavy atom. The first kappa shape index (κ1) is 13.5. The molecule has 0 aliphatic heterocycles. The van der Waals surface area contributed by atoms with Gasteiger partial charge >= 0.3 is 5.69 Å². The average Bonchev–Trinajstić information content (AvgIpc) is 2.66. The zero-order valence-corrected chi connectivity index (χ0v) is 11.3. The van der Waals surface area contributed by atoms with Crippen LogP contribution in [-0.2, 0) is 0 Å². The molecule has 0 spiro atoms. The van der Waals surface area contributed by atoms with Crippen molar-refractivity contribution in [2.75, 3.05) is 6.54 Å². The zero-order chi connectivity index (χ0) is 14.3. The molecule has 0 fully saturated rings. The molecule has 1 amide bonds. The Morgan fingerprint density at radius 1 is 1.47 bits per heavy atom. The molecule has 1 unspecified atom stereocenters. The number of nitrogens with two attached hydrogens (primary N) is 2. The van der Waals surface area contributed by atoms with Crippen molar-refractivity contribution in [1.29, 1.82) is 0 Å². The highest BCUT2D eigenvalue weighted by atomic mass is 32.1.